The highest BCUT2D eigenvalue weighted by Crippen LogP contribution is 2.26. The first-order chi connectivity index (χ1) is 7.25. The molecular weight excluding hydrogens is 228 g/mol. The van der Waals surface area contributed by atoms with Crippen LogP contribution in [0.2, 0.25) is 5.02 Å². The van der Waals surface area contributed by atoms with Crippen LogP contribution < -0.4 is 5.32 Å². The summed E-state index contributed by atoms with van der Waals surface area (Å²) in [5.74, 6) is 0. The predicted octanol–water partition coefficient (Wildman–Crippen LogP) is 2.56. The molecule has 1 N–H and O–H groups in total. The summed E-state index contributed by atoms with van der Waals surface area (Å²) in [6, 6.07) is 6.21. The third-order valence-electron chi connectivity index (χ3n) is 2.44. The summed E-state index contributed by atoms with van der Waals surface area (Å²) in [5.41, 5.74) is 1.15. The Bertz CT molecular complexity index is 337. The van der Waals surface area contributed by atoms with E-state index in [2.05, 4.69) is 21.8 Å². The number of aryl methyl sites for hydroxylation is 1. The maximum absolute atomic E-state index is 5.99. The second-order valence-electron chi connectivity index (χ2n) is 3.68. The van der Waals surface area contributed by atoms with Gasteiger partial charge in [-0.15, -0.1) is 0 Å². The van der Waals surface area contributed by atoms with E-state index in [0.717, 1.165) is 36.8 Å². The highest BCUT2D eigenvalue weighted by molar-refractivity contribution is 7.97. The lowest BCUT2D eigenvalue weighted by Gasteiger charge is -2.25. The summed E-state index contributed by atoms with van der Waals surface area (Å²) in [7, 11) is 0. The van der Waals surface area contributed by atoms with Crippen molar-refractivity contribution in [1.29, 1.82) is 0 Å². The van der Waals surface area contributed by atoms with Gasteiger partial charge in [0.25, 0.3) is 0 Å². The number of hydrogen-bond acceptors (Lipinski definition) is 3. The number of rotatable bonds is 2. The standard InChI is InChI=1S/C11H15ClN2S/c1-9-8-10(2-3-11(9)12)15-14-6-4-13-5-7-14/h2-3,8,13H,4-7H2,1H3. The van der Waals surface area contributed by atoms with E-state index in [1.807, 2.05) is 24.9 Å². The van der Waals surface area contributed by atoms with Gasteiger partial charge < -0.3 is 5.32 Å². The summed E-state index contributed by atoms with van der Waals surface area (Å²) in [4.78, 5) is 1.28. The molecule has 0 amide bonds. The highest BCUT2D eigenvalue weighted by Gasteiger charge is 2.10. The van der Waals surface area contributed by atoms with Gasteiger partial charge in [-0.25, -0.2) is 4.31 Å². The van der Waals surface area contributed by atoms with Crippen LogP contribution in [0.3, 0.4) is 0 Å². The van der Waals surface area contributed by atoms with Gasteiger partial charge in [0.15, 0.2) is 0 Å². The third kappa shape index (κ3) is 3.11. The molecule has 0 unspecified atom stereocenters. The lowest BCUT2D eigenvalue weighted by molar-refractivity contribution is 0.396. The van der Waals surface area contributed by atoms with Gasteiger partial charge in [0.05, 0.1) is 0 Å². The number of benzene rings is 1. The van der Waals surface area contributed by atoms with Gasteiger partial charge in [-0.3, -0.25) is 0 Å². The normalized spacial score (nSPS) is 18.0. The summed E-state index contributed by atoms with van der Waals surface area (Å²) in [6.45, 7) is 6.42. The number of piperazine rings is 1. The first-order valence-electron chi connectivity index (χ1n) is 5.15. The molecule has 0 radical (unpaired) electrons. The van der Waals surface area contributed by atoms with Gasteiger partial charge in [0, 0.05) is 36.1 Å². The molecule has 1 aliphatic heterocycles. The minimum atomic E-state index is 0.847. The summed E-state index contributed by atoms with van der Waals surface area (Å²) in [5, 5.41) is 4.19. The quantitative estimate of drug-likeness (QED) is 0.803. The third-order valence-corrected chi connectivity index (χ3v) is 3.95. The van der Waals surface area contributed by atoms with Gasteiger partial charge in [0.1, 0.15) is 0 Å². The number of nitrogens with zero attached hydrogens (tertiary/aromatic N) is 1. The fourth-order valence-electron chi connectivity index (χ4n) is 1.56. The molecule has 2 rings (SSSR count). The topological polar surface area (TPSA) is 15.3 Å². The molecule has 1 aliphatic rings. The van der Waals surface area contributed by atoms with Crippen molar-refractivity contribution in [3.05, 3.63) is 28.8 Å². The van der Waals surface area contributed by atoms with Crippen LogP contribution in [0.4, 0.5) is 0 Å². The predicted molar refractivity (Wildman–Crippen MR) is 66.5 cm³/mol. The number of nitrogens with one attached hydrogen (secondary N) is 1. The van der Waals surface area contributed by atoms with Gasteiger partial charge in [-0.05, 0) is 42.6 Å². The van der Waals surface area contributed by atoms with E-state index in [1.54, 1.807) is 0 Å². The van der Waals surface area contributed by atoms with E-state index < -0.39 is 0 Å². The lowest BCUT2D eigenvalue weighted by Crippen LogP contribution is -2.39. The van der Waals surface area contributed by atoms with Crippen LogP contribution in [0.25, 0.3) is 0 Å². The first kappa shape index (κ1) is 11.3. The fourth-order valence-corrected chi connectivity index (χ4v) is 2.70. The minimum Gasteiger partial charge on any atom is -0.314 e. The fraction of sp³-hybridized carbons (Fsp3) is 0.455. The zero-order valence-corrected chi connectivity index (χ0v) is 10.4. The zero-order chi connectivity index (χ0) is 10.7. The van der Waals surface area contributed by atoms with E-state index in [-0.39, 0.29) is 0 Å². The molecule has 0 spiro atoms. The zero-order valence-electron chi connectivity index (χ0n) is 8.79. The average Bonchev–Trinajstić information content (AvgIpc) is 2.25. The van der Waals surface area contributed by atoms with Gasteiger partial charge in [0.2, 0.25) is 0 Å². The van der Waals surface area contributed by atoms with Crippen molar-refractivity contribution >= 4 is 23.5 Å². The SMILES string of the molecule is Cc1cc(SN2CCNCC2)ccc1Cl. The molecule has 1 heterocycles. The molecule has 15 heavy (non-hydrogen) atoms. The molecule has 0 saturated carbocycles. The Morgan fingerprint density at radius 1 is 1.33 bits per heavy atom. The van der Waals surface area contributed by atoms with Gasteiger partial charge in [-0.1, -0.05) is 11.6 Å². The van der Waals surface area contributed by atoms with E-state index in [1.165, 1.54) is 4.90 Å². The van der Waals surface area contributed by atoms with Crippen molar-refractivity contribution in [2.24, 2.45) is 0 Å². The maximum Gasteiger partial charge on any atom is 0.0435 e. The molecule has 1 aromatic carbocycles. The van der Waals surface area contributed by atoms with Crippen molar-refractivity contribution in [1.82, 2.24) is 9.62 Å². The lowest BCUT2D eigenvalue weighted by atomic mass is 10.2. The van der Waals surface area contributed by atoms with Gasteiger partial charge >= 0.3 is 0 Å². The molecule has 0 atom stereocenters. The number of halogens is 1. The second kappa shape index (κ2) is 5.21. The van der Waals surface area contributed by atoms with Crippen LogP contribution in [0.1, 0.15) is 5.56 Å². The van der Waals surface area contributed by atoms with Gasteiger partial charge in [-0.2, -0.15) is 0 Å². The van der Waals surface area contributed by atoms with E-state index in [9.17, 15) is 0 Å². The number of hydrogen-bond donors (Lipinski definition) is 1. The molecule has 2 nitrogen and oxygen atoms in total. The Morgan fingerprint density at radius 3 is 2.73 bits per heavy atom. The van der Waals surface area contributed by atoms with E-state index in [0.29, 0.717) is 0 Å². The summed E-state index contributed by atoms with van der Waals surface area (Å²) < 4.78 is 2.39. The molecule has 0 aromatic heterocycles. The maximum atomic E-state index is 5.99. The van der Waals surface area contributed by atoms with E-state index in [4.69, 9.17) is 11.6 Å². The first-order valence-corrected chi connectivity index (χ1v) is 6.30. The van der Waals surface area contributed by atoms with Crippen LogP contribution in [0.15, 0.2) is 23.1 Å². The Labute approximate surface area is 100 Å². The van der Waals surface area contributed by atoms with Crippen molar-refractivity contribution in [3.8, 4) is 0 Å². The molecule has 4 heteroatoms. The van der Waals surface area contributed by atoms with Crippen molar-refractivity contribution in [2.75, 3.05) is 26.2 Å². The van der Waals surface area contributed by atoms with Crippen molar-refractivity contribution in [3.63, 3.8) is 0 Å². The van der Waals surface area contributed by atoms with Crippen LogP contribution >= 0.6 is 23.5 Å². The van der Waals surface area contributed by atoms with E-state index >= 15 is 0 Å². The van der Waals surface area contributed by atoms with Crippen LogP contribution in [0.5, 0.6) is 0 Å². The van der Waals surface area contributed by atoms with Crippen LogP contribution in [-0.2, 0) is 0 Å². The van der Waals surface area contributed by atoms with Crippen LogP contribution in [0, 0.1) is 6.92 Å². The Kier molecular flexibility index (Phi) is 3.92. The molecule has 1 fully saturated rings. The largest absolute Gasteiger partial charge is 0.314 e. The molecular formula is C11H15ClN2S. The monoisotopic (exact) mass is 242 g/mol. The molecule has 1 saturated heterocycles. The molecule has 82 valence electrons. The molecule has 0 aliphatic carbocycles. The Hall–Kier alpha value is -0.220. The summed E-state index contributed by atoms with van der Waals surface area (Å²) in [6.07, 6.45) is 0. The Morgan fingerprint density at radius 2 is 2.07 bits per heavy atom. The minimum absolute atomic E-state index is 0.847. The highest BCUT2D eigenvalue weighted by atomic mass is 35.5. The second-order valence-corrected chi connectivity index (χ2v) is 5.26. The summed E-state index contributed by atoms with van der Waals surface area (Å²) >= 11 is 7.81. The molecule has 0 bridgehead atoms. The Balaban J connectivity index is 2.00. The van der Waals surface area contributed by atoms with Crippen molar-refractivity contribution < 1.29 is 0 Å². The smallest absolute Gasteiger partial charge is 0.0435 e. The average molecular weight is 243 g/mol. The van der Waals surface area contributed by atoms with Crippen molar-refractivity contribution in [2.45, 2.75) is 11.8 Å². The van der Waals surface area contributed by atoms with Crippen LogP contribution in [-0.4, -0.2) is 30.5 Å². The molecule has 1 aromatic rings.